The van der Waals surface area contributed by atoms with Crippen molar-refractivity contribution in [1.82, 2.24) is 0 Å². The van der Waals surface area contributed by atoms with Gasteiger partial charge >= 0.3 is 10.6 Å². The van der Waals surface area contributed by atoms with Gasteiger partial charge in [0.2, 0.25) is 0 Å². The van der Waals surface area contributed by atoms with Gasteiger partial charge < -0.3 is 0 Å². The number of halogens is 6. The van der Waals surface area contributed by atoms with Crippen LogP contribution < -0.4 is 0 Å². The minimum atomic E-state index is -5.67. The smallest absolute Gasteiger partial charge is 0.204 e. The fourth-order valence-electron chi connectivity index (χ4n) is 0. The molecule has 0 atom stereocenters. The van der Waals surface area contributed by atoms with Crippen molar-refractivity contribution in [1.29, 1.82) is 0 Å². The first-order valence-corrected chi connectivity index (χ1v) is 3.13. The quantitative estimate of drug-likeness (QED) is 0.481. The summed E-state index contributed by atoms with van der Waals surface area (Å²) in [4.78, 5) is 0. The van der Waals surface area contributed by atoms with Crippen LogP contribution in [0.1, 0.15) is 0 Å². The zero-order chi connectivity index (χ0) is 9.65. The van der Waals surface area contributed by atoms with Crippen LogP contribution in [-0.2, 0) is 10.6 Å². The zero-order valence-electron chi connectivity index (χ0n) is 4.65. The average Bonchev–Trinajstić information content (AvgIpc) is 1.59. The molecule has 0 bridgehead atoms. The first-order valence-electron chi connectivity index (χ1n) is 1.85. The Hall–Kier alpha value is -0.470. The minimum absolute atomic E-state index is 3.48. The van der Waals surface area contributed by atoms with E-state index in [0.717, 1.165) is 0 Å². The summed E-state index contributed by atoms with van der Waals surface area (Å²) < 4.78 is 78.2. The molecule has 0 fully saturated rings. The van der Waals surface area contributed by atoms with Crippen LogP contribution in [0, 0.1) is 0 Å². The average molecular weight is 204 g/mol. The Morgan fingerprint density at radius 2 is 0.909 bits per heavy atom. The number of alkyl halides is 4. The van der Waals surface area contributed by atoms with Gasteiger partial charge in [-0.25, -0.2) is 17.6 Å². The third-order valence-corrected chi connectivity index (χ3v) is 0.190. The molecule has 0 saturated carbocycles. The molecular formula is C2H2F6O2S. The van der Waals surface area contributed by atoms with Gasteiger partial charge in [-0.2, -0.15) is 8.42 Å². The van der Waals surface area contributed by atoms with Gasteiger partial charge in [-0.1, -0.05) is 7.77 Å². The molecule has 0 heterocycles. The van der Waals surface area contributed by atoms with Gasteiger partial charge in [0.25, 0.3) is 12.9 Å². The standard InChI is InChI=1S/C2H2F4.F2O2S/c3-1(4)2(5)6;1-5(2,3)4/h1-2H;. The number of hydrogen-bond donors (Lipinski definition) is 0. The summed E-state index contributed by atoms with van der Waals surface area (Å²) in [6.45, 7) is 0. The molecule has 0 radical (unpaired) electrons. The highest BCUT2D eigenvalue weighted by Gasteiger charge is 2.15. The summed E-state index contributed by atoms with van der Waals surface area (Å²) >= 11 is 0. The molecule has 0 N–H and O–H groups in total. The molecule has 0 aromatic carbocycles. The predicted molar refractivity (Wildman–Crippen MR) is 23.1 cm³/mol. The number of rotatable bonds is 1. The molecule has 0 unspecified atom stereocenters. The van der Waals surface area contributed by atoms with E-state index in [1.807, 2.05) is 0 Å². The summed E-state index contributed by atoms with van der Waals surface area (Å²) in [7, 11) is -5.67. The second-order valence-corrected chi connectivity index (χ2v) is 1.80. The van der Waals surface area contributed by atoms with Crippen molar-refractivity contribution in [2.45, 2.75) is 12.9 Å². The van der Waals surface area contributed by atoms with E-state index in [-0.39, 0.29) is 0 Å². The zero-order valence-corrected chi connectivity index (χ0v) is 5.46. The highest BCUT2D eigenvalue weighted by molar-refractivity contribution is 7.81. The molecule has 0 saturated heterocycles. The van der Waals surface area contributed by atoms with Crippen LogP contribution in [0.25, 0.3) is 0 Å². The third-order valence-electron chi connectivity index (χ3n) is 0.190. The van der Waals surface area contributed by atoms with Gasteiger partial charge in [-0.05, 0) is 0 Å². The van der Waals surface area contributed by atoms with Crippen molar-refractivity contribution in [3.8, 4) is 0 Å². The molecule has 0 aliphatic heterocycles. The Balaban J connectivity index is 0. The Morgan fingerprint density at radius 3 is 0.909 bits per heavy atom. The van der Waals surface area contributed by atoms with E-state index in [9.17, 15) is 25.3 Å². The van der Waals surface area contributed by atoms with E-state index in [2.05, 4.69) is 0 Å². The van der Waals surface area contributed by atoms with Crippen molar-refractivity contribution < 1.29 is 33.8 Å². The first-order chi connectivity index (χ1) is 4.64. The van der Waals surface area contributed by atoms with Crippen molar-refractivity contribution in [3.63, 3.8) is 0 Å². The predicted octanol–water partition coefficient (Wildman–Crippen LogP) is 1.69. The lowest BCUT2D eigenvalue weighted by Gasteiger charge is -1.89. The van der Waals surface area contributed by atoms with Crippen molar-refractivity contribution in [2.75, 3.05) is 0 Å². The summed E-state index contributed by atoms with van der Waals surface area (Å²) in [5.74, 6) is 0. The highest BCUT2D eigenvalue weighted by atomic mass is 32.3. The van der Waals surface area contributed by atoms with Gasteiger partial charge in [0.1, 0.15) is 0 Å². The van der Waals surface area contributed by atoms with Crippen LogP contribution in [0.2, 0.25) is 0 Å². The van der Waals surface area contributed by atoms with Crippen LogP contribution in [0.4, 0.5) is 25.3 Å². The Morgan fingerprint density at radius 1 is 0.818 bits per heavy atom. The summed E-state index contributed by atoms with van der Waals surface area (Å²) in [5.41, 5.74) is 0. The Labute approximate surface area is 58.3 Å². The van der Waals surface area contributed by atoms with E-state index in [1.165, 1.54) is 0 Å². The van der Waals surface area contributed by atoms with E-state index in [1.54, 1.807) is 0 Å². The molecule has 2 nitrogen and oxygen atoms in total. The van der Waals surface area contributed by atoms with Gasteiger partial charge in [0.15, 0.2) is 0 Å². The topological polar surface area (TPSA) is 34.1 Å². The van der Waals surface area contributed by atoms with Gasteiger partial charge in [0.05, 0.1) is 0 Å². The largest absolute Gasteiger partial charge is 0.476 e. The van der Waals surface area contributed by atoms with Crippen LogP contribution in [0.3, 0.4) is 0 Å². The van der Waals surface area contributed by atoms with Crippen LogP contribution in [0.15, 0.2) is 0 Å². The Kier molecular flexibility index (Phi) is 6.23. The second kappa shape index (κ2) is 5.22. The van der Waals surface area contributed by atoms with Gasteiger partial charge in [-0.15, -0.1) is 0 Å². The van der Waals surface area contributed by atoms with Gasteiger partial charge in [0, 0.05) is 0 Å². The van der Waals surface area contributed by atoms with Crippen molar-refractivity contribution >= 4 is 10.6 Å². The van der Waals surface area contributed by atoms with E-state index >= 15 is 0 Å². The van der Waals surface area contributed by atoms with Crippen LogP contribution in [0.5, 0.6) is 0 Å². The third kappa shape index (κ3) is 43.4. The lowest BCUT2D eigenvalue weighted by Crippen LogP contribution is -2.02. The summed E-state index contributed by atoms with van der Waals surface area (Å²) in [6, 6.07) is 0. The molecule has 9 heteroatoms. The lowest BCUT2D eigenvalue weighted by molar-refractivity contribution is -0.0278. The maximum absolute atomic E-state index is 10.4. The second-order valence-electron chi connectivity index (χ2n) is 1.05. The molecule has 11 heavy (non-hydrogen) atoms. The molecule has 0 spiro atoms. The molecule has 0 aliphatic carbocycles. The molecular weight excluding hydrogens is 202 g/mol. The van der Waals surface area contributed by atoms with Gasteiger partial charge in [-0.3, -0.25) is 0 Å². The van der Waals surface area contributed by atoms with E-state index in [4.69, 9.17) is 8.42 Å². The molecule has 0 aliphatic rings. The molecule has 0 aromatic rings. The highest BCUT2D eigenvalue weighted by Crippen LogP contribution is 2.04. The van der Waals surface area contributed by atoms with Crippen LogP contribution in [-0.4, -0.2) is 21.3 Å². The first kappa shape index (κ1) is 13.1. The molecule has 0 rings (SSSR count). The van der Waals surface area contributed by atoms with E-state index in [0.29, 0.717) is 0 Å². The fourth-order valence-corrected chi connectivity index (χ4v) is 0. The van der Waals surface area contributed by atoms with Crippen molar-refractivity contribution in [2.24, 2.45) is 0 Å². The maximum Gasteiger partial charge on any atom is 0.476 e. The van der Waals surface area contributed by atoms with E-state index < -0.39 is 23.5 Å². The summed E-state index contributed by atoms with van der Waals surface area (Å²) in [6.07, 6.45) is -6.96. The fraction of sp³-hybridized carbons (Fsp3) is 1.00. The van der Waals surface area contributed by atoms with Crippen molar-refractivity contribution in [3.05, 3.63) is 0 Å². The normalized spacial score (nSPS) is 11.3. The SMILES string of the molecule is FC(F)C(F)F.O=S(=O)(F)F. The minimum Gasteiger partial charge on any atom is -0.204 e. The molecule has 0 amide bonds. The lowest BCUT2D eigenvalue weighted by atomic mass is 10.8. The molecule has 70 valence electrons. The summed E-state index contributed by atoms with van der Waals surface area (Å²) in [5, 5.41) is 0. The number of hydrogen-bond acceptors (Lipinski definition) is 2. The van der Waals surface area contributed by atoms with Crippen LogP contribution >= 0.6 is 0 Å². The monoisotopic (exact) mass is 204 g/mol. The maximum atomic E-state index is 10.4. The Bertz CT molecular complexity index is 159. The molecule has 0 aromatic heterocycles.